The van der Waals surface area contributed by atoms with Crippen LogP contribution in [0.1, 0.15) is 22.3 Å². The largest absolute Gasteiger partial charge is 0.337 e. The molecule has 0 bridgehead atoms. The summed E-state index contributed by atoms with van der Waals surface area (Å²) in [7, 11) is 0. The molecule has 2 N–H and O–H groups in total. The molecule has 1 aromatic carbocycles. The van der Waals surface area contributed by atoms with E-state index >= 15 is 0 Å². The predicted molar refractivity (Wildman–Crippen MR) is 66.3 cm³/mol. The lowest BCUT2D eigenvalue weighted by Crippen LogP contribution is -2.32. The monoisotopic (exact) mass is 249 g/mol. The third-order valence-electron chi connectivity index (χ3n) is 3.17. The normalized spacial score (nSPS) is 19.0. The summed E-state index contributed by atoms with van der Waals surface area (Å²) in [5.74, 6) is -0.298. The summed E-state index contributed by atoms with van der Waals surface area (Å²) < 4.78 is 0. The Bertz CT molecular complexity index is 501. The molecule has 0 aliphatic carbocycles. The van der Waals surface area contributed by atoms with E-state index in [2.05, 4.69) is 0 Å². The molecule has 1 amide bonds. The number of carbonyl (C=O) groups excluding carboxylic acids is 1. The van der Waals surface area contributed by atoms with E-state index in [1.807, 2.05) is 0 Å². The molecule has 1 aromatic rings. The number of hydrogen-bond donors (Lipinski definition) is 1. The van der Waals surface area contributed by atoms with E-state index in [4.69, 9.17) is 5.73 Å². The first-order chi connectivity index (χ1) is 8.50. The molecule has 0 unspecified atom stereocenters. The van der Waals surface area contributed by atoms with Crippen molar-refractivity contribution in [3.8, 4) is 0 Å². The number of rotatable bonds is 2. The average molecular weight is 249 g/mol. The molecular formula is C12H15N3O3. The zero-order valence-electron chi connectivity index (χ0n) is 10.1. The summed E-state index contributed by atoms with van der Waals surface area (Å²) in [5, 5.41) is 11.0. The highest BCUT2D eigenvalue weighted by Crippen LogP contribution is 2.24. The molecule has 1 aliphatic heterocycles. The maximum atomic E-state index is 12.3. The third-order valence-corrected chi connectivity index (χ3v) is 3.17. The maximum absolute atomic E-state index is 12.3. The minimum Gasteiger partial charge on any atom is -0.337 e. The molecule has 1 fully saturated rings. The van der Waals surface area contributed by atoms with Gasteiger partial charge in [0.25, 0.3) is 11.6 Å². The Morgan fingerprint density at radius 3 is 2.83 bits per heavy atom. The molecule has 18 heavy (non-hydrogen) atoms. The Kier molecular flexibility index (Phi) is 3.29. The maximum Gasteiger partial charge on any atom is 0.282 e. The lowest BCUT2D eigenvalue weighted by atomic mass is 10.1. The van der Waals surface area contributed by atoms with Crippen LogP contribution in [0.5, 0.6) is 0 Å². The van der Waals surface area contributed by atoms with E-state index in [-0.39, 0.29) is 23.2 Å². The fourth-order valence-corrected chi connectivity index (χ4v) is 2.21. The highest BCUT2D eigenvalue weighted by molar-refractivity contribution is 5.99. The van der Waals surface area contributed by atoms with E-state index in [1.54, 1.807) is 24.0 Å². The van der Waals surface area contributed by atoms with Gasteiger partial charge in [-0.3, -0.25) is 14.9 Å². The molecule has 6 nitrogen and oxygen atoms in total. The van der Waals surface area contributed by atoms with Crippen LogP contribution in [0.15, 0.2) is 18.2 Å². The Hall–Kier alpha value is -1.95. The number of carbonyl (C=O) groups is 1. The number of benzene rings is 1. The van der Waals surface area contributed by atoms with Crippen LogP contribution < -0.4 is 5.73 Å². The zero-order valence-corrected chi connectivity index (χ0v) is 10.1. The minimum atomic E-state index is -0.518. The summed E-state index contributed by atoms with van der Waals surface area (Å²) in [6.07, 6.45) is 0.741. The Morgan fingerprint density at radius 1 is 1.56 bits per heavy atom. The van der Waals surface area contributed by atoms with Gasteiger partial charge in [0.2, 0.25) is 0 Å². The lowest BCUT2D eigenvalue weighted by Gasteiger charge is -2.17. The summed E-state index contributed by atoms with van der Waals surface area (Å²) in [6.45, 7) is 2.73. The van der Waals surface area contributed by atoms with Gasteiger partial charge in [-0.25, -0.2) is 0 Å². The van der Waals surface area contributed by atoms with Gasteiger partial charge >= 0.3 is 0 Å². The lowest BCUT2D eigenvalue weighted by molar-refractivity contribution is -0.385. The number of nitrogens with zero attached hydrogens (tertiary/aromatic N) is 2. The van der Waals surface area contributed by atoms with Crippen molar-refractivity contribution in [2.24, 2.45) is 5.73 Å². The van der Waals surface area contributed by atoms with Crippen LogP contribution in [0, 0.1) is 17.0 Å². The molecule has 1 atom stereocenters. The van der Waals surface area contributed by atoms with E-state index in [1.165, 1.54) is 6.07 Å². The van der Waals surface area contributed by atoms with Crippen molar-refractivity contribution in [3.05, 3.63) is 39.4 Å². The van der Waals surface area contributed by atoms with Crippen molar-refractivity contribution >= 4 is 11.6 Å². The van der Waals surface area contributed by atoms with Gasteiger partial charge in [-0.1, -0.05) is 12.1 Å². The number of nitro groups is 1. The molecule has 0 radical (unpaired) electrons. The highest BCUT2D eigenvalue weighted by atomic mass is 16.6. The second kappa shape index (κ2) is 4.73. The number of nitrogens with two attached hydrogens (primary N) is 1. The number of aryl methyl sites for hydroxylation is 1. The number of nitro benzene ring substituents is 1. The molecule has 0 aromatic heterocycles. The van der Waals surface area contributed by atoms with Crippen LogP contribution in [0.25, 0.3) is 0 Å². The van der Waals surface area contributed by atoms with E-state index in [9.17, 15) is 14.9 Å². The van der Waals surface area contributed by atoms with Gasteiger partial charge in [-0.15, -0.1) is 0 Å². The molecule has 6 heteroatoms. The molecule has 96 valence electrons. The third kappa shape index (κ3) is 2.19. The molecule has 0 spiro atoms. The van der Waals surface area contributed by atoms with Gasteiger partial charge in [-0.05, 0) is 18.9 Å². The zero-order chi connectivity index (χ0) is 13.3. The van der Waals surface area contributed by atoms with Crippen LogP contribution in [0.3, 0.4) is 0 Å². The second-order valence-electron chi connectivity index (χ2n) is 4.53. The van der Waals surface area contributed by atoms with Crippen LogP contribution in [0.2, 0.25) is 0 Å². The van der Waals surface area contributed by atoms with Crippen LogP contribution in [-0.4, -0.2) is 34.9 Å². The van der Waals surface area contributed by atoms with Crippen molar-refractivity contribution in [2.45, 2.75) is 19.4 Å². The van der Waals surface area contributed by atoms with Gasteiger partial charge in [0, 0.05) is 25.2 Å². The highest BCUT2D eigenvalue weighted by Gasteiger charge is 2.30. The molecule has 0 saturated carbocycles. The molecule has 1 heterocycles. The number of amides is 1. The molecule has 1 saturated heterocycles. The van der Waals surface area contributed by atoms with E-state index < -0.39 is 4.92 Å². The van der Waals surface area contributed by atoms with E-state index in [0.29, 0.717) is 18.7 Å². The molecule has 2 rings (SSSR count). The van der Waals surface area contributed by atoms with Gasteiger partial charge in [0.15, 0.2) is 0 Å². The minimum absolute atomic E-state index is 0.0305. The summed E-state index contributed by atoms with van der Waals surface area (Å²) in [4.78, 5) is 24.3. The van der Waals surface area contributed by atoms with Gasteiger partial charge in [-0.2, -0.15) is 0 Å². The van der Waals surface area contributed by atoms with Crippen LogP contribution in [0.4, 0.5) is 5.69 Å². The van der Waals surface area contributed by atoms with Crippen molar-refractivity contribution in [3.63, 3.8) is 0 Å². The number of hydrogen-bond acceptors (Lipinski definition) is 4. The van der Waals surface area contributed by atoms with Gasteiger partial charge in [0.1, 0.15) is 5.56 Å². The first-order valence-electron chi connectivity index (χ1n) is 5.79. The molecule has 1 aliphatic rings. The van der Waals surface area contributed by atoms with Crippen LogP contribution in [-0.2, 0) is 0 Å². The second-order valence-corrected chi connectivity index (χ2v) is 4.53. The fraction of sp³-hybridized carbons (Fsp3) is 0.417. The van der Waals surface area contributed by atoms with Crippen molar-refractivity contribution in [2.75, 3.05) is 13.1 Å². The first kappa shape index (κ1) is 12.5. The Labute approximate surface area is 105 Å². The predicted octanol–water partition coefficient (Wildman–Crippen LogP) is 1.08. The van der Waals surface area contributed by atoms with Crippen molar-refractivity contribution in [1.29, 1.82) is 0 Å². The summed E-state index contributed by atoms with van der Waals surface area (Å²) >= 11 is 0. The average Bonchev–Trinajstić information content (AvgIpc) is 2.74. The van der Waals surface area contributed by atoms with Gasteiger partial charge in [0.05, 0.1) is 4.92 Å². The van der Waals surface area contributed by atoms with Crippen molar-refractivity contribution < 1.29 is 9.72 Å². The molecular weight excluding hydrogens is 234 g/mol. The van der Waals surface area contributed by atoms with Crippen molar-refractivity contribution in [1.82, 2.24) is 4.90 Å². The Balaban J connectivity index is 2.38. The smallest absolute Gasteiger partial charge is 0.282 e. The SMILES string of the molecule is Cc1cccc([N+](=O)[O-])c1C(=O)N1CC[C@H](N)C1. The van der Waals surface area contributed by atoms with Crippen LogP contribution >= 0.6 is 0 Å². The summed E-state index contributed by atoms with van der Waals surface area (Å²) in [5.41, 5.74) is 6.41. The number of likely N-dealkylation sites (tertiary alicyclic amines) is 1. The van der Waals surface area contributed by atoms with Gasteiger partial charge < -0.3 is 10.6 Å². The Morgan fingerprint density at radius 2 is 2.28 bits per heavy atom. The quantitative estimate of drug-likeness (QED) is 0.627. The fourth-order valence-electron chi connectivity index (χ4n) is 2.21. The topological polar surface area (TPSA) is 89.5 Å². The first-order valence-corrected chi connectivity index (χ1v) is 5.79. The standard InChI is InChI=1S/C12H15N3O3/c1-8-3-2-4-10(15(17)18)11(8)12(16)14-6-5-9(13)7-14/h2-4,9H,5-7,13H2,1H3/t9-/m0/s1. The van der Waals surface area contributed by atoms with E-state index in [0.717, 1.165) is 6.42 Å². The summed E-state index contributed by atoms with van der Waals surface area (Å²) in [6, 6.07) is 4.61.